The molecule has 0 saturated heterocycles. The van der Waals surface area contributed by atoms with Crippen LogP contribution in [0, 0.1) is 6.92 Å². The number of hydrogen-bond donors (Lipinski definition) is 1. The highest BCUT2D eigenvalue weighted by Gasteiger charge is 2.34. The second kappa shape index (κ2) is 8.45. The molecule has 5 rings (SSSR count). The Hall–Kier alpha value is -3.51. The zero-order valence-electron chi connectivity index (χ0n) is 18.3. The van der Waals surface area contributed by atoms with E-state index in [1.165, 1.54) is 11.9 Å². The second-order valence-electron chi connectivity index (χ2n) is 8.30. The Morgan fingerprint density at radius 2 is 1.76 bits per heavy atom. The third kappa shape index (κ3) is 3.91. The van der Waals surface area contributed by atoms with Gasteiger partial charge in [0.15, 0.2) is 0 Å². The maximum absolute atomic E-state index is 13.4. The van der Waals surface area contributed by atoms with E-state index in [0.717, 1.165) is 37.6 Å². The number of carbonyl (C=O) groups is 1. The summed E-state index contributed by atoms with van der Waals surface area (Å²) in [5, 5.41) is 7.13. The first-order chi connectivity index (χ1) is 15.9. The van der Waals surface area contributed by atoms with Gasteiger partial charge in [-0.1, -0.05) is 70.0 Å². The van der Waals surface area contributed by atoms with E-state index in [0.29, 0.717) is 17.7 Å². The molecular formula is C27H22BrN3O2. The number of aromatic nitrogens is 1. The Labute approximate surface area is 199 Å². The van der Waals surface area contributed by atoms with E-state index < -0.39 is 0 Å². The first-order valence-corrected chi connectivity index (χ1v) is 11.6. The van der Waals surface area contributed by atoms with E-state index in [4.69, 9.17) is 0 Å². The van der Waals surface area contributed by atoms with Crippen LogP contribution in [0.2, 0.25) is 0 Å². The van der Waals surface area contributed by atoms with Gasteiger partial charge < -0.3 is 4.98 Å². The van der Waals surface area contributed by atoms with E-state index >= 15 is 0 Å². The molecule has 0 spiro atoms. The van der Waals surface area contributed by atoms with Gasteiger partial charge in [-0.25, -0.2) is 5.01 Å². The molecule has 164 valence electrons. The zero-order chi connectivity index (χ0) is 23.1. The van der Waals surface area contributed by atoms with Gasteiger partial charge in [0, 0.05) is 34.3 Å². The van der Waals surface area contributed by atoms with Crippen molar-refractivity contribution in [1.82, 2.24) is 9.99 Å². The lowest BCUT2D eigenvalue weighted by molar-refractivity contribution is -0.130. The number of benzene rings is 3. The standard InChI is InChI=1S/C27H22BrN3O2/c1-16-8-13-22-21(14-16)25(19-6-4-3-5-7-19)26(27(33)29-22)23-15-24(31(30-23)17(2)32)18-9-11-20(28)12-10-18/h3-14,24H,15H2,1-2H3,(H,29,33)/t24-/m0/s1. The van der Waals surface area contributed by atoms with E-state index in [-0.39, 0.29) is 17.5 Å². The minimum absolute atomic E-state index is 0.160. The van der Waals surface area contributed by atoms with E-state index in [1.54, 1.807) is 0 Å². The summed E-state index contributed by atoms with van der Waals surface area (Å²) in [5.41, 5.74) is 5.57. The van der Waals surface area contributed by atoms with Gasteiger partial charge >= 0.3 is 0 Å². The van der Waals surface area contributed by atoms with Gasteiger partial charge in [-0.15, -0.1) is 0 Å². The molecule has 0 radical (unpaired) electrons. The van der Waals surface area contributed by atoms with Crippen molar-refractivity contribution in [2.24, 2.45) is 5.10 Å². The van der Waals surface area contributed by atoms with Crippen LogP contribution in [0.5, 0.6) is 0 Å². The summed E-state index contributed by atoms with van der Waals surface area (Å²) in [5.74, 6) is -0.160. The predicted molar refractivity (Wildman–Crippen MR) is 135 cm³/mol. The van der Waals surface area contributed by atoms with Crippen LogP contribution in [0.1, 0.15) is 36.1 Å². The fourth-order valence-corrected chi connectivity index (χ4v) is 4.75. The van der Waals surface area contributed by atoms with Gasteiger partial charge in [-0.05, 0) is 42.3 Å². The molecule has 4 aromatic rings. The van der Waals surface area contributed by atoms with Crippen LogP contribution < -0.4 is 5.56 Å². The van der Waals surface area contributed by atoms with E-state index in [1.807, 2.05) is 73.7 Å². The summed E-state index contributed by atoms with van der Waals surface area (Å²) in [6, 6.07) is 23.5. The summed E-state index contributed by atoms with van der Waals surface area (Å²) in [4.78, 5) is 28.9. The van der Waals surface area contributed by atoms with Crippen molar-refractivity contribution in [2.45, 2.75) is 26.3 Å². The summed E-state index contributed by atoms with van der Waals surface area (Å²) >= 11 is 3.47. The molecule has 6 heteroatoms. The number of amides is 1. The maximum Gasteiger partial charge on any atom is 0.258 e. The molecule has 33 heavy (non-hydrogen) atoms. The summed E-state index contributed by atoms with van der Waals surface area (Å²) < 4.78 is 0.965. The molecule has 1 aromatic heterocycles. The number of carbonyl (C=O) groups excluding carboxylic acids is 1. The average molecular weight is 500 g/mol. The monoisotopic (exact) mass is 499 g/mol. The van der Waals surface area contributed by atoms with Gasteiger partial charge in [0.25, 0.3) is 5.56 Å². The lowest BCUT2D eigenvalue weighted by atomic mass is 9.90. The Morgan fingerprint density at radius 1 is 1.03 bits per heavy atom. The van der Waals surface area contributed by atoms with Gasteiger partial charge in [0.1, 0.15) is 0 Å². The Bertz CT molecular complexity index is 1460. The normalized spacial score (nSPS) is 15.7. The molecular weight excluding hydrogens is 478 g/mol. The number of nitrogens with zero attached hydrogens (tertiary/aromatic N) is 2. The number of aromatic amines is 1. The number of rotatable bonds is 3. The van der Waals surface area contributed by atoms with Crippen molar-refractivity contribution in [3.05, 3.63) is 104 Å². The van der Waals surface area contributed by atoms with Gasteiger partial charge in [-0.2, -0.15) is 5.10 Å². The molecule has 1 amide bonds. The SMILES string of the molecule is CC(=O)N1N=C(c2c(-c3ccccc3)c3cc(C)ccc3[nH]c2=O)C[C@H]1c1ccc(Br)cc1. The lowest BCUT2D eigenvalue weighted by Crippen LogP contribution is -2.24. The zero-order valence-corrected chi connectivity index (χ0v) is 19.9. The third-order valence-corrected chi connectivity index (χ3v) is 6.54. The van der Waals surface area contributed by atoms with Crippen molar-refractivity contribution in [3.63, 3.8) is 0 Å². The highest BCUT2D eigenvalue weighted by atomic mass is 79.9. The highest BCUT2D eigenvalue weighted by Crippen LogP contribution is 2.37. The number of pyridine rings is 1. The van der Waals surface area contributed by atoms with Gasteiger partial charge in [0.05, 0.1) is 17.3 Å². The molecule has 2 heterocycles. The molecule has 1 aliphatic heterocycles. The summed E-state index contributed by atoms with van der Waals surface area (Å²) in [6.07, 6.45) is 0.460. The van der Waals surface area contributed by atoms with Gasteiger partial charge in [0.2, 0.25) is 5.91 Å². The molecule has 1 N–H and O–H groups in total. The molecule has 1 atom stereocenters. The minimum Gasteiger partial charge on any atom is -0.321 e. The van der Waals surface area contributed by atoms with Crippen molar-refractivity contribution in [2.75, 3.05) is 0 Å². The van der Waals surface area contributed by atoms with Crippen LogP contribution in [0.3, 0.4) is 0 Å². The first kappa shape index (κ1) is 21.3. The van der Waals surface area contributed by atoms with Crippen molar-refractivity contribution in [3.8, 4) is 11.1 Å². The second-order valence-corrected chi connectivity index (χ2v) is 9.22. The summed E-state index contributed by atoms with van der Waals surface area (Å²) in [7, 11) is 0. The fraction of sp³-hybridized carbons (Fsp3) is 0.148. The van der Waals surface area contributed by atoms with E-state index in [2.05, 4.69) is 32.1 Å². The number of halogens is 1. The fourth-order valence-electron chi connectivity index (χ4n) is 4.48. The summed E-state index contributed by atoms with van der Waals surface area (Å²) in [6.45, 7) is 3.54. The molecule has 0 bridgehead atoms. The lowest BCUT2D eigenvalue weighted by Gasteiger charge is -2.20. The van der Waals surface area contributed by atoms with Crippen LogP contribution in [0.4, 0.5) is 0 Å². The molecule has 0 aliphatic carbocycles. The molecule has 5 nitrogen and oxygen atoms in total. The van der Waals surface area contributed by atoms with Crippen LogP contribution in [0.25, 0.3) is 22.0 Å². The average Bonchev–Trinajstić information content (AvgIpc) is 3.25. The Balaban J connectivity index is 1.74. The van der Waals surface area contributed by atoms with Crippen LogP contribution in [-0.4, -0.2) is 21.6 Å². The minimum atomic E-state index is -0.262. The predicted octanol–water partition coefficient (Wildman–Crippen LogP) is 5.96. The third-order valence-electron chi connectivity index (χ3n) is 6.01. The Morgan fingerprint density at radius 3 is 2.45 bits per heavy atom. The molecule has 0 unspecified atom stereocenters. The van der Waals surface area contributed by atoms with Gasteiger partial charge in [-0.3, -0.25) is 9.59 Å². The number of H-pyrrole nitrogens is 1. The van der Waals surface area contributed by atoms with Crippen molar-refractivity contribution < 1.29 is 4.79 Å². The number of nitrogens with one attached hydrogen (secondary N) is 1. The highest BCUT2D eigenvalue weighted by molar-refractivity contribution is 9.10. The molecule has 0 saturated carbocycles. The molecule has 0 fully saturated rings. The quantitative estimate of drug-likeness (QED) is 0.377. The van der Waals surface area contributed by atoms with Crippen LogP contribution in [0.15, 0.2) is 87.2 Å². The molecule has 1 aliphatic rings. The largest absolute Gasteiger partial charge is 0.321 e. The Kier molecular flexibility index (Phi) is 5.46. The molecule has 3 aromatic carbocycles. The van der Waals surface area contributed by atoms with Crippen LogP contribution >= 0.6 is 15.9 Å². The topological polar surface area (TPSA) is 65.5 Å². The number of hydrazone groups is 1. The van der Waals surface area contributed by atoms with Crippen LogP contribution in [-0.2, 0) is 4.79 Å². The smallest absolute Gasteiger partial charge is 0.258 e. The number of fused-ring (bicyclic) bond motifs is 1. The van der Waals surface area contributed by atoms with Crippen molar-refractivity contribution in [1.29, 1.82) is 0 Å². The number of hydrogen-bond acceptors (Lipinski definition) is 3. The van der Waals surface area contributed by atoms with Crippen molar-refractivity contribution >= 4 is 38.5 Å². The first-order valence-electron chi connectivity index (χ1n) is 10.8. The van der Waals surface area contributed by atoms with E-state index in [9.17, 15) is 9.59 Å². The maximum atomic E-state index is 13.4. The number of aryl methyl sites for hydroxylation is 1.